The van der Waals surface area contributed by atoms with Gasteiger partial charge in [-0.25, -0.2) is 0 Å². The summed E-state index contributed by atoms with van der Waals surface area (Å²) in [5.74, 6) is 0.123. The Kier molecular flexibility index (Phi) is 8.29. The lowest BCUT2D eigenvalue weighted by atomic mass is 10.1. The molecule has 0 amide bonds. The minimum absolute atomic E-state index is 0.00224. The topological polar surface area (TPSA) is 62.9 Å². The van der Waals surface area contributed by atoms with E-state index in [2.05, 4.69) is 29.2 Å². The molecular weight excluding hydrogens is 474 g/mol. The van der Waals surface area contributed by atoms with Gasteiger partial charge in [0.25, 0.3) is 5.95 Å². The number of hydrogen-bond donors (Lipinski definition) is 1. The van der Waals surface area contributed by atoms with Gasteiger partial charge in [0.2, 0.25) is 5.43 Å². The standard InChI is InChI=1S/C33H31NO4/c35-28(23-34(22-26-14-6-2-7-15-26)21-20-25-12-4-1-5-13-25)24-37-33-31(27-16-8-3-9-17-27)32(36)29-18-10-11-19-30(29)38-33/h1-19,28,35H,20-24H2. The zero-order valence-electron chi connectivity index (χ0n) is 21.2. The normalized spacial score (nSPS) is 12.1. The van der Waals surface area contributed by atoms with E-state index >= 15 is 0 Å². The molecule has 0 spiro atoms. The molecule has 1 heterocycles. The third-order valence-corrected chi connectivity index (χ3v) is 6.51. The van der Waals surface area contributed by atoms with Crippen molar-refractivity contribution in [1.82, 2.24) is 4.90 Å². The largest absolute Gasteiger partial charge is 0.462 e. The molecule has 0 aliphatic heterocycles. The van der Waals surface area contributed by atoms with Crippen molar-refractivity contribution in [2.75, 3.05) is 19.7 Å². The summed E-state index contributed by atoms with van der Waals surface area (Å²) in [4.78, 5) is 15.6. The molecular formula is C33H31NO4. The summed E-state index contributed by atoms with van der Waals surface area (Å²) in [5.41, 5.74) is 3.81. The minimum Gasteiger partial charge on any atom is -0.462 e. The average molecular weight is 506 g/mol. The first kappa shape index (κ1) is 25.5. The van der Waals surface area contributed by atoms with Crippen molar-refractivity contribution >= 4 is 11.0 Å². The summed E-state index contributed by atoms with van der Waals surface area (Å²) in [7, 11) is 0. The van der Waals surface area contributed by atoms with Gasteiger partial charge in [0.15, 0.2) is 0 Å². The first-order valence-electron chi connectivity index (χ1n) is 12.9. The van der Waals surface area contributed by atoms with Crippen LogP contribution in [0.15, 0.2) is 124 Å². The van der Waals surface area contributed by atoms with E-state index < -0.39 is 6.10 Å². The van der Waals surface area contributed by atoms with E-state index in [9.17, 15) is 9.90 Å². The number of rotatable bonds is 11. The van der Waals surface area contributed by atoms with Crippen molar-refractivity contribution in [2.45, 2.75) is 19.1 Å². The predicted molar refractivity (Wildman–Crippen MR) is 151 cm³/mol. The van der Waals surface area contributed by atoms with Crippen LogP contribution in [0.2, 0.25) is 0 Å². The molecule has 5 heteroatoms. The summed E-state index contributed by atoms with van der Waals surface area (Å²) in [6.07, 6.45) is 0.0914. The van der Waals surface area contributed by atoms with Gasteiger partial charge in [-0.15, -0.1) is 0 Å². The number of aliphatic hydroxyl groups excluding tert-OH is 1. The average Bonchev–Trinajstić information content (AvgIpc) is 2.96. The Bertz CT molecular complexity index is 1500. The van der Waals surface area contributed by atoms with Crippen LogP contribution < -0.4 is 10.2 Å². The predicted octanol–water partition coefficient (Wildman–Crippen LogP) is 5.94. The van der Waals surface area contributed by atoms with Crippen LogP contribution in [0.4, 0.5) is 0 Å². The zero-order chi connectivity index (χ0) is 26.2. The molecule has 5 nitrogen and oxygen atoms in total. The summed E-state index contributed by atoms with van der Waals surface area (Å²) in [5, 5.41) is 11.5. The van der Waals surface area contributed by atoms with Crippen LogP contribution in [0.1, 0.15) is 11.1 Å². The molecule has 5 rings (SSSR count). The number of hydrogen-bond acceptors (Lipinski definition) is 5. The van der Waals surface area contributed by atoms with Crippen LogP contribution in [0, 0.1) is 0 Å². The maximum absolute atomic E-state index is 13.4. The number of nitrogens with zero attached hydrogens (tertiary/aromatic N) is 1. The van der Waals surface area contributed by atoms with Crippen molar-refractivity contribution in [3.63, 3.8) is 0 Å². The fourth-order valence-corrected chi connectivity index (χ4v) is 4.61. The number of benzene rings is 4. The molecule has 0 saturated carbocycles. The Hall–Kier alpha value is -4.19. The lowest BCUT2D eigenvalue weighted by Crippen LogP contribution is -2.36. The van der Waals surface area contributed by atoms with Gasteiger partial charge in [-0.2, -0.15) is 0 Å². The highest BCUT2D eigenvalue weighted by Crippen LogP contribution is 2.30. The molecule has 0 fully saturated rings. The van der Waals surface area contributed by atoms with E-state index in [1.165, 1.54) is 11.1 Å². The van der Waals surface area contributed by atoms with Crippen LogP contribution in [-0.2, 0) is 13.0 Å². The van der Waals surface area contributed by atoms with E-state index in [-0.39, 0.29) is 18.0 Å². The van der Waals surface area contributed by atoms with Gasteiger partial charge in [-0.1, -0.05) is 103 Å². The second-order valence-corrected chi connectivity index (χ2v) is 9.38. The van der Waals surface area contributed by atoms with Gasteiger partial charge in [-0.3, -0.25) is 9.69 Å². The molecule has 0 saturated heterocycles. The number of ether oxygens (including phenoxy) is 1. The number of aliphatic hydroxyl groups is 1. The Morgan fingerprint density at radius 3 is 2.08 bits per heavy atom. The fourth-order valence-electron chi connectivity index (χ4n) is 4.61. The van der Waals surface area contributed by atoms with Crippen molar-refractivity contribution in [2.24, 2.45) is 0 Å². The van der Waals surface area contributed by atoms with Gasteiger partial charge < -0.3 is 14.3 Å². The minimum atomic E-state index is -0.783. The van der Waals surface area contributed by atoms with Gasteiger partial charge in [0.05, 0.1) is 5.39 Å². The molecule has 0 aliphatic carbocycles. The molecule has 1 aromatic heterocycles. The maximum Gasteiger partial charge on any atom is 0.297 e. The molecule has 0 radical (unpaired) electrons. The number of para-hydroxylation sites is 1. The van der Waals surface area contributed by atoms with Crippen molar-refractivity contribution in [3.8, 4) is 17.1 Å². The van der Waals surface area contributed by atoms with E-state index in [4.69, 9.17) is 9.15 Å². The summed E-state index contributed by atoms with van der Waals surface area (Å²) in [6, 6.07) is 37.1. The van der Waals surface area contributed by atoms with E-state index in [1.54, 1.807) is 12.1 Å². The Morgan fingerprint density at radius 1 is 0.763 bits per heavy atom. The Balaban J connectivity index is 1.33. The van der Waals surface area contributed by atoms with E-state index in [0.29, 0.717) is 35.2 Å². The van der Waals surface area contributed by atoms with Crippen LogP contribution in [-0.4, -0.2) is 35.8 Å². The second-order valence-electron chi connectivity index (χ2n) is 9.38. The first-order valence-corrected chi connectivity index (χ1v) is 12.9. The highest BCUT2D eigenvalue weighted by atomic mass is 16.6. The summed E-state index contributed by atoms with van der Waals surface area (Å²) < 4.78 is 12.1. The highest BCUT2D eigenvalue weighted by molar-refractivity contribution is 5.83. The molecule has 0 bridgehead atoms. The van der Waals surface area contributed by atoms with Gasteiger partial charge >= 0.3 is 0 Å². The molecule has 4 aromatic carbocycles. The molecule has 192 valence electrons. The lowest BCUT2D eigenvalue weighted by Gasteiger charge is -2.25. The van der Waals surface area contributed by atoms with Gasteiger partial charge in [0, 0.05) is 19.6 Å². The first-order chi connectivity index (χ1) is 18.7. The lowest BCUT2D eigenvalue weighted by molar-refractivity contribution is 0.0575. The Morgan fingerprint density at radius 2 is 1.37 bits per heavy atom. The Labute approximate surface area is 222 Å². The molecule has 1 atom stereocenters. The van der Waals surface area contributed by atoms with E-state index in [0.717, 1.165) is 13.0 Å². The monoisotopic (exact) mass is 505 g/mol. The van der Waals surface area contributed by atoms with E-state index in [1.807, 2.05) is 78.9 Å². The fraction of sp³-hybridized carbons (Fsp3) is 0.182. The van der Waals surface area contributed by atoms with Crippen molar-refractivity contribution < 1.29 is 14.3 Å². The smallest absolute Gasteiger partial charge is 0.297 e. The molecule has 38 heavy (non-hydrogen) atoms. The van der Waals surface area contributed by atoms with Gasteiger partial charge in [0.1, 0.15) is 23.9 Å². The molecule has 5 aromatic rings. The third kappa shape index (κ3) is 6.38. The molecule has 0 aliphatic rings. The zero-order valence-corrected chi connectivity index (χ0v) is 21.2. The summed E-state index contributed by atoms with van der Waals surface area (Å²) in [6.45, 7) is 1.92. The summed E-state index contributed by atoms with van der Waals surface area (Å²) >= 11 is 0. The quantitative estimate of drug-likeness (QED) is 0.241. The van der Waals surface area contributed by atoms with Gasteiger partial charge in [-0.05, 0) is 35.2 Å². The highest BCUT2D eigenvalue weighted by Gasteiger charge is 2.20. The van der Waals surface area contributed by atoms with Crippen molar-refractivity contribution in [1.29, 1.82) is 0 Å². The maximum atomic E-state index is 13.4. The van der Waals surface area contributed by atoms with Crippen LogP contribution in [0.5, 0.6) is 5.95 Å². The van der Waals surface area contributed by atoms with Crippen LogP contribution in [0.3, 0.4) is 0 Å². The SMILES string of the molecule is O=c1c(-c2ccccc2)c(OCC(O)CN(CCc2ccccc2)Cc2ccccc2)oc2ccccc12. The molecule has 1 N–H and O–H groups in total. The van der Waals surface area contributed by atoms with Crippen LogP contribution in [0.25, 0.3) is 22.1 Å². The second kappa shape index (κ2) is 12.4. The van der Waals surface area contributed by atoms with Crippen molar-refractivity contribution in [3.05, 3.63) is 137 Å². The van der Waals surface area contributed by atoms with Crippen LogP contribution >= 0.6 is 0 Å². The molecule has 1 unspecified atom stereocenters. The third-order valence-electron chi connectivity index (χ3n) is 6.51. The number of fused-ring (bicyclic) bond motifs is 1.